The van der Waals surface area contributed by atoms with Gasteiger partial charge >= 0.3 is 11.9 Å². The van der Waals surface area contributed by atoms with Gasteiger partial charge in [0.15, 0.2) is 0 Å². The summed E-state index contributed by atoms with van der Waals surface area (Å²) in [5.74, 6) is -2.57. The first-order valence-corrected chi connectivity index (χ1v) is 8.52. The number of carboxylic acids is 1. The van der Waals surface area contributed by atoms with Gasteiger partial charge < -0.3 is 15.2 Å². The van der Waals surface area contributed by atoms with E-state index in [4.69, 9.17) is 21.6 Å². The van der Waals surface area contributed by atoms with E-state index in [-0.39, 0.29) is 24.2 Å². The van der Waals surface area contributed by atoms with Crippen molar-refractivity contribution in [3.8, 4) is 6.07 Å². The van der Waals surface area contributed by atoms with Crippen LogP contribution in [0.4, 0.5) is 0 Å². The molecule has 1 aliphatic heterocycles. The Bertz CT molecular complexity index is 836. The first kappa shape index (κ1) is 19.5. The van der Waals surface area contributed by atoms with Crippen molar-refractivity contribution in [2.75, 3.05) is 6.61 Å². The lowest BCUT2D eigenvalue weighted by atomic mass is 9.80. The SMILES string of the molecule is CCC1=C(C(=O)O)C(c2cccc(Cl)c2)C(C(=O)OCCC#N)=C(C)N1. The largest absolute Gasteiger partial charge is 0.478 e. The third-order valence-electron chi connectivity index (χ3n) is 4.08. The average Bonchev–Trinajstić information content (AvgIpc) is 2.60. The molecule has 0 aromatic heterocycles. The number of aliphatic carboxylic acids is 1. The Morgan fingerprint density at radius 2 is 2.12 bits per heavy atom. The van der Waals surface area contributed by atoms with Crippen LogP contribution >= 0.6 is 11.6 Å². The molecule has 1 aliphatic rings. The molecule has 0 spiro atoms. The summed E-state index contributed by atoms with van der Waals surface area (Å²) in [5, 5.41) is 21.9. The summed E-state index contributed by atoms with van der Waals surface area (Å²) in [6.45, 7) is 3.48. The van der Waals surface area contributed by atoms with Crippen LogP contribution in [0.1, 0.15) is 38.2 Å². The molecular formula is C19H19ClN2O4. The van der Waals surface area contributed by atoms with E-state index in [9.17, 15) is 14.7 Å². The number of ether oxygens (including phenoxy) is 1. The molecule has 26 heavy (non-hydrogen) atoms. The van der Waals surface area contributed by atoms with Crippen molar-refractivity contribution in [2.45, 2.75) is 32.6 Å². The zero-order valence-electron chi connectivity index (χ0n) is 14.5. The number of rotatable bonds is 6. The van der Waals surface area contributed by atoms with Crippen LogP contribution in [-0.2, 0) is 14.3 Å². The van der Waals surface area contributed by atoms with Crippen LogP contribution < -0.4 is 5.32 Å². The maximum absolute atomic E-state index is 12.6. The number of esters is 1. The van der Waals surface area contributed by atoms with Crippen molar-refractivity contribution in [1.82, 2.24) is 5.32 Å². The highest BCUT2D eigenvalue weighted by Crippen LogP contribution is 2.40. The molecule has 0 radical (unpaired) electrons. The van der Waals surface area contributed by atoms with Crippen molar-refractivity contribution < 1.29 is 19.4 Å². The fourth-order valence-corrected chi connectivity index (χ4v) is 3.18. The van der Waals surface area contributed by atoms with Gasteiger partial charge in [0.05, 0.1) is 29.6 Å². The number of hydrogen-bond donors (Lipinski definition) is 2. The predicted octanol–water partition coefficient (Wildman–Crippen LogP) is 3.51. The summed E-state index contributed by atoms with van der Waals surface area (Å²) in [6.07, 6.45) is 0.530. The Morgan fingerprint density at radius 3 is 2.69 bits per heavy atom. The van der Waals surface area contributed by atoms with Crippen LogP contribution in [0.25, 0.3) is 0 Å². The highest BCUT2D eigenvalue weighted by molar-refractivity contribution is 6.30. The number of carbonyl (C=O) groups is 2. The van der Waals surface area contributed by atoms with Gasteiger partial charge in [-0.2, -0.15) is 5.26 Å². The number of allylic oxidation sites excluding steroid dienone is 2. The van der Waals surface area contributed by atoms with Gasteiger partial charge in [0.25, 0.3) is 0 Å². The van der Waals surface area contributed by atoms with E-state index in [2.05, 4.69) is 5.32 Å². The van der Waals surface area contributed by atoms with Gasteiger partial charge in [0, 0.05) is 16.4 Å². The molecule has 0 saturated heterocycles. The fourth-order valence-electron chi connectivity index (χ4n) is 2.99. The van der Waals surface area contributed by atoms with Crippen LogP contribution in [0.2, 0.25) is 5.02 Å². The van der Waals surface area contributed by atoms with Crippen LogP contribution in [0.3, 0.4) is 0 Å². The second-order valence-electron chi connectivity index (χ2n) is 5.75. The first-order valence-electron chi connectivity index (χ1n) is 8.14. The number of nitrogens with one attached hydrogen (secondary N) is 1. The second-order valence-corrected chi connectivity index (χ2v) is 6.18. The molecule has 2 N–H and O–H groups in total. The summed E-state index contributed by atoms with van der Waals surface area (Å²) in [6, 6.07) is 8.66. The van der Waals surface area contributed by atoms with Gasteiger partial charge in [-0.25, -0.2) is 9.59 Å². The molecule has 1 atom stereocenters. The van der Waals surface area contributed by atoms with Crippen molar-refractivity contribution >= 4 is 23.5 Å². The lowest BCUT2D eigenvalue weighted by Gasteiger charge is -2.30. The molecule has 1 aromatic rings. The molecular weight excluding hydrogens is 356 g/mol. The van der Waals surface area contributed by atoms with E-state index < -0.39 is 17.9 Å². The molecule has 136 valence electrons. The topological polar surface area (TPSA) is 99.4 Å². The standard InChI is InChI=1S/C19H19ClN2O4/c1-3-14-17(18(23)24)16(12-6-4-7-13(20)10-12)15(11(2)22-14)19(25)26-9-5-8-21/h4,6-7,10,16,22H,3,5,9H2,1-2H3,(H,23,24). The van der Waals surface area contributed by atoms with E-state index in [1.54, 1.807) is 31.2 Å². The molecule has 6 nitrogen and oxygen atoms in total. The fraction of sp³-hybridized carbons (Fsp3) is 0.316. The van der Waals surface area contributed by atoms with E-state index in [0.717, 1.165) is 0 Å². The molecule has 0 fully saturated rings. The number of carboxylic acid groups (broad SMARTS) is 1. The Hall–Kier alpha value is -2.78. The van der Waals surface area contributed by atoms with Gasteiger partial charge in [0.1, 0.15) is 6.61 Å². The number of carbonyl (C=O) groups excluding carboxylic acids is 1. The highest BCUT2D eigenvalue weighted by atomic mass is 35.5. The molecule has 1 heterocycles. The van der Waals surface area contributed by atoms with Gasteiger partial charge in [0.2, 0.25) is 0 Å². The smallest absolute Gasteiger partial charge is 0.336 e. The first-order chi connectivity index (χ1) is 12.4. The number of dihydropyridines is 1. The minimum absolute atomic E-state index is 0.0544. The van der Waals surface area contributed by atoms with Gasteiger partial charge in [-0.05, 0) is 31.0 Å². The van der Waals surface area contributed by atoms with E-state index >= 15 is 0 Å². The maximum atomic E-state index is 12.6. The van der Waals surface area contributed by atoms with E-state index in [1.807, 2.05) is 13.0 Å². The highest BCUT2D eigenvalue weighted by Gasteiger charge is 2.37. The van der Waals surface area contributed by atoms with Crippen LogP contribution in [-0.4, -0.2) is 23.7 Å². The zero-order valence-corrected chi connectivity index (χ0v) is 15.3. The van der Waals surface area contributed by atoms with E-state index in [0.29, 0.717) is 28.4 Å². The number of benzene rings is 1. The summed E-state index contributed by atoms with van der Waals surface area (Å²) in [4.78, 5) is 24.6. The summed E-state index contributed by atoms with van der Waals surface area (Å²) < 4.78 is 5.16. The number of nitrogens with zero attached hydrogens (tertiary/aromatic N) is 1. The lowest BCUT2D eigenvalue weighted by Crippen LogP contribution is -2.32. The van der Waals surface area contributed by atoms with E-state index in [1.165, 1.54) is 0 Å². The summed E-state index contributed by atoms with van der Waals surface area (Å²) >= 11 is 6.08. The zero-order chi connectivity index (χ0) is 19.3. The Labute approximate surface area is 156 Å². The minimum atomic E-state index is -1.12. The molecule has 1 unspecified atom stereocenters. The quantitative estimate of drug-likeness (QED) is 0.584. The molecule has 0 aliphatic carbocycles. The molecule has 7 heteroatoms. The number of nitriles is 1. The Morgan fingerprint density at radius 1 is 1.38 bits per heavy atom. The normalized spacial score (nSPS) is 16.8. The summed E-state index contributed by atoms with van der Waals surface area (Å²) in [5.41, 5.74) is 1.95. The second kappa shape index (κ2) is 8.54. The third-order valence-corrected chi connectivity index (χ3v) is 4.31. The van der Waals surface area contributed by atoms with Crippen molar-refractivity contribution in [1.29, 1.82) is 5.26 Å². The van der Waals surface area contributed by atoms with Crippen molar-refractivity contribution in [3.05, 3.63) is 57.4 Å². The number of hydrogen-bond acceptors (Lipinski definition) is 5. The number of halogens is 1. The van der Waals surface area contributed by atoms with Gasteiger partial charge in [-0.3, -0.25) is 0 Å². The third kappa shape index (κ3) is 4.06. The molecule has 2 rings (SSSR count). The predicted molar refractivity (Wildman–Crippen MR) is 96.2 cm³/mol. The Kier molecular flexibility index (Phi) is 6.42. The average molecular weight is 375 g/mol. The van der Waals surface area contributed by atoms with Crippen molar-refractivity contribution in [2.24, 2.45) is 0 Å². The molecule has 0 amide bonds. The van der Waals surface area contributed by atoms with Gasteiger partial charge in [-0.15, -0.1) is 0 Å². The van der Waals surface area contributed by atoms with Crippen molar-refractivity contribution in [3.63, 3.8) is 0 Å². The lowest BCUT2D eigenvalue weighted by molar-refractivity contribution is -0.139. The monoisotopic (exact) mass is 374 g/mol. The molecule has 0 saturated carbocycles. The van der Waals surface area contributed by atoms with Crippen LogP contribution in [0.15, 0.2) is 46.8 Å². The summed E-state index contributed by atoms with van der Waals surface area (Å²) in [7, 11) is 0. The molecule has 1 aromatic carbocycles. The molecule has 0 bridgehead atoms. The minimum Gasteiger partial charge on any atom is -0.478 e. The van der Waals surface area contributed by atoms with Gasteiger partial charge in [-0.1, -0.05) is 30.7 Å². The van der Waals surface area contributed by atoms with Crippen LogP contribution in [0, 0.1) is 11.3 Å². The van der Waals surface area contributed by atoms with Crippen LogP contribution in [0.5, 0.6) is 0 Å². The maximum Gasteiger partial charge on any atom is 0.336 e. The Balaban J connectivity index is 2.58.